The summed E-state index contributed by atoms with van der Waals surface area (Å²) in [7, 11) is 0. The standard InChI is InChI=1S/C19H17ClN4O4/c1-3-23-17(6-7-21-23)19(25)22-14-9-15(24(26)27)11-16(10-14)28-18-5-4-13(20)8-12(18)2/h4-11H,3H2,1-2H3,(H,22,25). The summed E-state index contributed by atoms with van der Waals surface area (Å²) in [6.07, 6.45) is 1.52. The Bertz CT molecular complexity index is 1050. The quantitative estimate of drug-likeness (QED) is 0.472. The van der Waals surface area contributed by atoms with E-state index < -0.39 is 10.8 Å². The highest BCUT2D eigenvalue weighted by molar-refractivity contribution is 6.30. The number of nitro groups is 1. The van der Waals surface area contributed by atoms with Crippen LogP contribution in [0.5, 0.6) is 11.5 Å². The number of halogens is 1. The molecule has 0 aliphatic heterocycles. The van der Waals surface area contributed by atoms with E-state index in [1.807, 2.05) is 13.8 Å². The molecule has 8 nitrogen and oxygen atoms in total. The molecular weight excluding hydrogens is 384 g/mol. The molecule has 0 radical (unpaired) electrons. The number of ether oxygens (including phenoxy) is 1. The van der Waals surface area contributed by atoms with E-state index in [2.05, 4.69) is 10.4 Å². The average molecular weight is 401 g/mol. The minimum atomic E-state index is -0.548. The summed E-state index contributed by atoms with van der Waals surface area (Å²) in [5.41, 5.74) is 1.16. The molecule has 0 spiro atoms. The van der Waals surface area contributed by atoms with E-state index in [9.17, 15) is 14.9 Å². The van der Waals surface area contributed by atoms with Crippen LogP contribution in [0.3, 0.4) is 0 Å². The van der Waals surface area contributed by atoms with E-state index >= 15 is 0 Å². The van der Waals surface area contributed by atoms with Gasteiger partial charge in [0.15, 0.2) is 0 Å². The summed E-state index contributed by atoms with van der Waals surface area (Å²) < 4.78 is 7.31. The Labute approximate surface area is 165 Å². The van der Waals surface area contributed by atoms with Gasteiger partial charge in [0.05, 0.1) is 16.7 Å². The number of hydrogen-bond acceptors (Lipinski definition) is 5. The van der Waals surface area contributed by atoms with Crippen LogP contribution >= 0.6 is 11.6 Å². The number of nitrogens with zero attached hydrogens (tertiary/aromatic N) is 3. The summed E-state index contributed by atoms with van der Waals surface area (Å²) >= 11 is 5.94. The first-order valence-electron chi connectivity index (χ1n) is 8.44. The van der Waals surface area contributed by atoms with Crippen LogP contribution in [-0.4, -0.2) is 20.6 Å². The smallest absolute Gasteiger partial charge is 0.275 e. The molecule has 1 heterocycles. The molecule has 28 heavy (non-hydrogen) atoms. The molecule has 0 aliphatic carbocycles. The molecule has 2 aromatic carbocycles. The number of benzene rings is 2. The first-order valence-corrected chi connectivity index (χ1v) is 8.82. The molecule has 1 amide bonds. The number of non-ortho nitro benzene ring substituents is 1. The Balaban J connectivity index is 1.91. The molecule has 144 valence electrons. The summed E-state index contributed by atoms with van der Waals surface area (Å²) in [4.78, 5) is 23.2. The number of amides is 1. The number of nitrogens with one attached hydrogen (secondary N) is 1. The zero-order chi connectivity index (χ0) is 20.3. The molecule has 9 heteroatoms. The molecule has 0 unspecified atom stereocenters. The highest BCUT2D eigenvalue weighted by Gasteiger charge is 2.16. The van der Waals surface area contributed by atoms with Crippen molar-refractivity contribution in [2.45, 2.75) is 20.4 Å². The normalized spacial score (nSPS) is 10.5. The van der Waals surface area contributed by atoms with Gasteiger partial charge in [-0.2, -0.15) is 5.10 Å². The summed E-state index contributed by atoms with van der Waals surface area (Å²) in [5.74, 6) is 0.304. The van der Waals surface area contributed by atoms with Crippen molar-refractivity contribution in [3.8, 4) is 11.5 Å². The zero-order valence-corrected chi connectivity index (χ0v) is 15.9. The lowest BCUT2D eigenvalue weighted by Gasteiger charge is -2.11. The molecule has 0 saturated heterocycles. The van der Waals surface area contributed by atoms with Crippen LogP contribution in [0, 0.1) is 17.0 Å². The van der Waals surface area contributed by atoms with Crippen LogP contribution in [0.1, 0.15) is 23.0 Å². The number of aromatic nitrogens is 2. The predicted octanol–water partition coefficient (Wildman–Crippen LogP) is 4.82. The molecule has 0 saturated carbocycles. The topological polar surface area (TPSA) is 99.3 Å². The molecule has 0 bridgehead atoms. The fourth-order valence-electron chi connectivity index (χ4n) is 2.65. The maximum Gasteiger partial charge on any atom is 0.275 e. The van der Waals surface area contributed by atoms with Crippen molar-refractivity contribution in [1.82, 2.24) is 9.78 Å². The zero-order valence-electron chi connectivity index (χ0n) is 15.2. The maximum absolute atomic E-state index is 12.5. The minimum absolute atomic E-state index is 0.205. The highest BCUT2D eigenvalue weighted by atomic mass is 35.5. The Kier molecular flexibility index (Phi) is 5.60. The fourth-order valence-corrected chi connectivity index (χ4v) is 2.87. The lowest BCUT2D eigenvalue weighted by molar-refractivity contribution is -0.384. The molecule has 1 N–H and O–H groups in total. The van der Waals surface area contributed by atoms with Crippen molar-refractivity contribution in [2.24, 2.45) is 0 Å². The third-order valence-corrected chi connectivity index (χ3v) is 4.21. The second kappa shape index (κ2) is 8.10. The lowest BCUT2D eigenvalue weighted by atomic mass is 10.2. The van der Waals surface area contributed by atoms with E-state index in [0.29, 0.717) is 23.0 Å². The number of nitro benzene ring substituents is 1. The first-order chi connectivity index (χ1) is 13.4. The van der Waals surface area contributed by atoms with Crippen molar-refractivity contribution < 1.29 is 14.5 Å². The Morgan fingerprint density at radius 1 is 1.29 bits per heavy atom. The lowest BCUT2D eigenvalue weighted by Crippen LogP contribution is -2.17. The van der Waals surface area contributed by atoms with Crippen LogP contribution in [0.2, 0.25) is 5.02 Å². The van der Waals surface area contributed by atoms with Gasteiger partial charge in [0.2, 0.25) is 0 Å². The molecular formula is C19H17ClN4O4. The van der Waals surface area contributed by atoms with Gasteiger partial charge >= 0.3 is 0 Å². The van der Waals surface area contributed by atoms with Crippen molar-refractivity contribution in [3.63, 3.8) is 0 Å². The summed E-state index contributed by atoms with van der Waals surface area (Å²) in [6, 6.07) is 10.7. The first kappa shape index (κ1) is 19.4. The Morgan fingerprint density at radius 3 is 2.75 bits per heavy atom. The number of aryl methyl sites for hydroxylation is 2. The molecule has 3 aromatic rings. The van der Waals surface area contributed by atoms with Gasteiger partial charge < -0.3 is 10.1 Å². The summed E-state index contributed by atoms with van der Waals surface area (Å²) in [6.45, 7) is 4.19. The number of hydrogen-bond donors (Lipinski definition) is 1. The van der Waals surface area contributed by atoms with E-state index in [1.165, 1.54) is 29.1 Å². The Hall–Kier alpha value is -3.39. The van der Waals surface area contributed by atoms with Crippen LogP contribution in [0.4, 0.5) is 11.4 Å². The Morgan fingerprint density at radius 2 is 2.07 bits per heavy atom. The molecule has 0 aliphatic rings. The maximum atomic E-state index is 12.5. The largest absolute Gasteiger partial charge is 0.457 e. The van der Waals surface area contributed by atoms with Gasteiger partial charge in [-0.25, -0.2) is 0 Å². The van der Waals surface area contributed by atoms with E-state index in [-0.39, 0.29) is 17.1 Å². The third-order valence-electron chi connectivity index (χ3n) is 3.97. The van der Waals surface area contributed by atoms with Crippen LogP contribution < -0.4 is 10.1 Å². The molecule has 3 rings (SSSR count). The number of carbonyl (C=O) groups excluding carboxylic acids is 1. The highest BCUT2D eigenvalue weighted by Crippen LogP contribution is 2.32. The van der Waals surface area contributed by atoms with Crippen molar-refractivity contribution in [1.29, 1.82) is 0 Å². The van der Waals surface area contributed by atoms with Crippen molar-refractivity contribution in [3.05, 3.63) is 75.1 Å². The van der Waals surface area contributed by atoms with Gasteiger partial charge in [-0.1, -0.05) is 11.6 Å². The van der Waals surface area contributed by atoms with Gasteiger partial charge in [0.1, 0.15) is 17.2 Å². The molecule has 0 fully saturated rings. The van der Waals surface area contributed by atoms with Crippen LogP contribution in [0.15, 0.2) is 48.7 Å². The van der Waals surface area contributed by atoms with Crippen LogP contribution in [0.25, 0.3) is 0 Å². The molecule has 1 aromatic heterocycles. The average Bonchev–Trinajstić information content (AvgIpc) is 3.13. The van der Waals surface area contributed by atoms with E-state index in [1.54, 1.807) is 24.3 Å². The third kappa shape index (κ3) is 4.29. The van der Waals surface area contributed by atoms with Gasteiger partial charge in [0, 0.05) is 29.9 Å². The van der Waals surface area contributed by atoms with Crippen molar-refractivity contribution in [2.75, 3.05) is 5.32 Å². The monoisotopic (exact) mass is 400 g/mol. The van der Waals surface area contributed by atoms with Crippen LogP contribution in [-0.2, 0) is 6.54 Å². The number of anilines is 1. The minimum Gasteiger partial charge on any atom is -0.457 e. The van der Waals surface area contributed by atoms with Crippen molar-refractivity contribution >= 4 is 28.9 Å². The van der Waals surface area contributed by atoms with Gasteiger partial charge in [-0.05, 0) is 43.7 Å². The second-order valence-corrected chi connectivity index (χ2v) is 6.41. The molecule has 0 atom stereocenters. The summed E-state index contributed by atoms with van der Waals surface area (Å²) in [5, 5.41) is 18.6. The van der Waals surface area contributed by atoms with E-state index in [4.69, 9.17) is 16.3 Å². The second-order valence-electron chi connectivity index (χ2n) is 5.97. The van der Waals surface area contributed by atoms with Gasteiger partial charge in [-0.3, -0.25) is 19.6 Å². The number of carbonyl (C=O) groups is 1. The van der Waals surface area contributed by atoms with E-state index in [0.717, 1.165) is 5.56 Å². The number of rotatable bonds is 6. The SMILES string of the molecule is CCn1nccc1C(=O)Nc1cc(Oc2ccc(Cl)cc2C)cc([N+](=O)[O-])c1. The van der Waals surface area contributed by atoms with Gasteiger partial charge in [-0.15, -0.1) is 0 Å². The van der Waals surface area contributed by atoms with Gasteiger partial charge in [0.25, 0.3) is 11.6 Å². The predicted molar refractivity (Wildman–Crippen MR) is 105 cm³/mol. The fraction of sp³-hybridized carbons (Fsp3) is 0.158.